The van der Waals surface area contributed by atoms with Crippen LogP contribution >= 0.6 is 39.1 Å². The number of nitrogens with one attached hydrogen (secondary N) is 1. The third-order valence-corrected chi connectivity index (χ3v) is 9.88. The van der Waals surface area contributed by atoms with Crippen molar-refractivity contribution in [2.75, 3.05) is 17.4 Å². The number of carbonyl (C=O) groups is 2. The molecule has 0 aromatic heterocycles. The minimum absolute atomic E-state index is 0.00945. The van der Waals surface area contributed by atoms with Crippen molar-refractivity contribution in [3.63, 3.8) is 0 Å². The molecule has 0 saturated carbocycles. The first kappa shape index (κ1) is 33.5. The van der Waals surface area contributed by atoms with Crippen LogP contribution in [0.15, 0.2) is 112 Å². The molecule has 7 nitrogen and oxygen atoms in total. The van der Waals surface area contributed by atoms with Crippen molar-refractivity contribution < 1.29 is 18.0 Å². The Labute approximate surface area is 277 Å². The molecule has 4 aromatic rings. The van der Waals surface area contributed by atoms with Crippen molar-refractivity contribution in [3.8, 4) is 0 Å². The largest absolute Gasteiger partial charge is 0.354 e. The Morgan fingerprint density at radius 2 is 1.52 bits per heavy atom. The fourth-order valence-electron chi connectivity index (χ4n) is 4.63. The number of anilines is 1. The van der Waals surface area contributed by atoms with E-state index in [1.54, 1.807) is 60.7 Å². The average molecular weight is 718 g/mol. The van der Waals surface area contributed by atoms with E-state index in [2.05, 4.69) is 21.2 Å². The van der Waals surface area contributed by atoms with Crippen LogP contribution in [0.1, 0.15) is 24.5 Å². The molecule has 1 atom stereocenters. The van der Waals surface area contributed by atoms with E-state index >= 15 is 0 Å². The molecule has 0 heterocycles. The molecular weight excluding hydrogens is 685 g/mol. The van der Waals surface area contributed by atoms with Crippen LogP contribution in [0.3, 0.4) is 0 Å². The summed E-state index contributed by atoms with van der Waals surface area (Å²) in [4.78, 5) is 29.6. The lowest BCUT2D eigenvalue weighted by molar-refractivity contribution is -0.140. The number of hydrogen-bond acceptors (Lipinski definition) is 4. The van der Waals surface area contributed by atoms with E-state index in [0.29, 0.717) is 38.7 Å². The number of nitrogens with zero attached hydrogens (tertiary/aromatic N) is 2. The maximum absolute atomic E-state index is 14.4. The summed E-state index contributed by atoms with van der Waals surface area (Å²) in [5, 5.41) is 3.58. The van der Waals surface area contributed by atoms with E-state index < -0.39 is 28.5 Å². The van der Waals surface area contributed by atoms with E-state index in [0.717, 1.165) is 9.87 Å². The number of benzene rings is 4. The van der Waals surface area contributed by atoms with Gasteiger partial charge in [-0.25, -0.2) is 8.42 Å². The molecule has 1 N–H and O–H groups in total. The standard InChI is InChI=1S/C33H32BrCl2N3O4S/c1-2-18-37-33(41)31(20-24-10-5-3-6-11-24)38(22-25-16-17-29(35)30(36)19-25)32(40)23-39(27-13-9-12-26(34)21-27)44(42,43)28-14-7-4-8-15-28/h3-17,19,21,31H,2,18,20,22-23H2,1H3,(H,37,41)/t31-/m1/s1. The first-order valence-corrected chi connectivity index (χ1v) is 17.0. The monoisotopic (exact) mass is 715 g/mol. The molecule has 0 spiro atoms. The van der Waals surface area contributed by atoms with Crippen molar-refractivity contribution >= 4 is 66.7 Å². The minimum Gasteiger partial charge on any atom is -0.354 e. The Morgan fingerprint density at radius 3 is 2.16 bits per heavy atom. The number of sulfonamides is 1. The van der Waals surface area contributed by atoms with Gasteiger partial charge in [-0.1, -0.05) is 107 Å². The molecule has 44 heavy (non-hydrogen) atoms. The molecule has 0 aliphatic carbocycles. The quantitative estimate of drug-likeness (QED) is 0.160. The Bertz CT molecular complexity index is 1690. The molecule has 0 unspecified atom stereocenters. The van der Waals surface area contributed by atoms with Crippen LogP contribution in [0.2, 0.25) is 10.0 Å². The van der Waals surface area contributed by atoms with Gasteiger partial charge < -0.3 is 10.2 Å². The zero-order chi connectivity index (χ0) is 31.7. The summed E-state index contributed by atoms with van der Waals surface area (Å²) in [6.07, 6.45) is 0.919. The van der Waals surface area contributed by atoms with Crippen molar-refractivity contribution in [1.82, 2.24) is 10.2 Å². The van der Waals surface area contributed by atoms with Gasteiger partial charge in [-0.05, 0) is 60.0 Å². The van der Waals surface area contributed by atoms with Crippen LogP contribution < -0.4 is 9.62 Å². The second-order valence-electron chi connectivity index (χ2n) is 10.1. The first-order chi connectivity index (χ1) is 21.1. The molecule has 0 fully saturated rings. The van der Waals surface area contributed by atoms with Gasteiger partial charge in [-0.2, -0.15) is 0 Å². The maximum Gasteiger partial charge on any atom is 0.264 e. The molecule has 0 radical (unpaired) electrons. The Hall–Kier alpha value is -3.37. The van der Waals surface area contributed by atoms with Gasteiger partial charge in [0.1, 0.15) is 12.6 Å². The zero-order valence-corrected chi connectivity index (χ0v) is 27.9. The topological polar surface area (TPSA) is 86.8 Å². The van der Waals surface area contributed by atoms with Crippen LogP contribution in [0.5, 0.6) is 0 Å². The van der Waals surface area contributed by atoms with E-state index in [-0.39, 0.29) is 23.8 Å². The lowest BCUT2D eigenvalue weighted by Crippen LogP contribution is -2.53. The molecule has 4 aromatic carbocycles. The van der Waals surface area contributed by atoms with Crippen LogP contribution in [0.4, 0.5) is 5.69 Å². The highest BCUT2D eigenvalue weighted by Gasteiger charge is 2.34. The van der Waals surface area contributed by atoms with E-state index in [1.807, 2.05) is 37.3 Å². The third kappa shape index (κ3) is 8.63. The van der Waals surface area contributed by atoms with Crippen LogP contribution in [0, 0.1) is 0 Å². The van der Waals surface area contributed by atoms with Crippen molar-refractivity contribution in [2.45, 2.75) is 37.2 Å². The first-order valence-electron chi connectivity index (χ1n) is 14.0. The predicted octanol–water partition coefficient (Wildman–Crippen LogP) is 7.12. The summed E-state index contributed by atoms with van der Waals surface area (Å²) in [6.45, 7) is 1.80. The summed E-state index contributed by atoms with van der Waals surface area (Å²) < 4.78 is 29.7. The summed E-state index contributed by atoms with van der Waals surface area (Å²) in [7, 11) is -4.18. The molecule has 2 amide bonds. The smallest absolute Gasteiger partial charge is 0.264 e. The Balaban J connectivity index is 1.80. The highest BCUT2D eigenvalue weighted by Crippen LogP contribution is 2.28. The fraction of sp³-hybridized carbons (Fsp3) is 0.212. The highest BCUT2D eigenvalue weighted by atomic mass is 79.9. The van der Waals surface area contributed by atoms with Gasteiger partial charge in [-0.3, -0.25) is 13.9 Å². The maximum atomic E-state index is 14.4. The van der Waals surface area contributed by atoms with E-state index in [9.17, 15) is 18.0 Å². The highest BCUT2D eigenvalue weighted by molar-refractivity contribution is 9.10. The molecule has 0 aliphatic rings. The van der Waals surface area contributed by atoms with Crippen molar-refractivity contribution in [1.29, 1.82) is 0 Å². The SMILES string of the molecule is CCCNC(=O)[C@@H](Cc1ccccc1)N(Cc1ccc(Cl)c(Cl)c1)C(=O)CN(c1cccc(Br)c1)S(=O)(=O)c1ccccc1. The summed E-state index contributed by atoms with van der Waals surface area (Å²) in [5.74, 6) is -0.910. The molecule has 0 bridgehead atoms. The number of carbonyl (C=O) groups excluding carboxylic acids is 2. The summed E-state index contributed by atoms with van der Waals surface area (Å²) in [5.41, 5.74) is 1.77. The van der Waals surface area contributed by atoms with Crippen molar-refractivity contribution in [3.05, 3.63) is 129 Å². The molecule has 4 rings (SSSR count). The van der Waals surface area contributed by atoms with Gasteiger partial charge in [0, 0.05) is 24.0 Å². The number of amides is 2. The molecule has 0 saturated heterocycles. The molecule has 11 heteroatoms. The Morgan fingerprint density at radius 1 is 0.841 bits per heavy atom. The van der Waals surface area contributed by atoms with Gasteiger partial charge in [-0.15, -0.1) is 0 Å². The zero-order valence-electron chi connectivity index (χ0n) is 24.0. The number of halogens is 3. The van der Waals surface area contributed by atoms with Crippen molar-refractivity contribution in [2.24, 2.45) is 0 Å². The van der Waals surface area contributed by atoms with Gasteiger partial charge in [0.05, 0.1) is 20.6 Å². The fourth-order valence-corrected chi connectivity index (χ4v) is 6.77. The van der Waals surface area contributed by atoms with Crippen LogP contribution in [-0.2, 0) is 32.6 Å². The molecule has 0 aliphatic heterocycles. The van der Waals surface area contributed by atoms with Gasteiger partial charge >= 0.3 is 0 Å². The second kappa shape index (κ2) is 15.6. The Kier molecular flexibility index (Phi) is 11.9. The minimum atomic E-state index is -4.18. The van der Waals surface area contributed by atoms with Crippen LogP contribution in [0.25, 0.3) is 0 Å². The predicted molar refractivity (Wildman–Crippen MR) is 179 cm³/mol. The number of rotatable bonds is 13. The summed E-state index contributed by atoms with van der Waals surface area (Å²) in [6, 6.07) is 28.1. The van der Waals surface area contributed by atoms with E-state index in [4.69, 9.17) is 23.2 Å². The van der Waals surface area contributed by atoms with Gasteiger partial charge in [0.15, 0.2) is 0 Å². The molecular formula is C33H32BrCl2N3O4S. The second-order valence-corrected chi connectivity index (χ2v) is 13.7. The van der Waals surface area contributed by atoms with Crippen LogP contribution in [-0.4, -0.2) is 44.3 Å². The van der Waals surface area contributed by atoms with E-state index in [1.165, 1.54) is 17.0 Å². The molecule has 230 valence electrons. The average Bonchev–Trinajstić information content (AvgIpc) is 3.02. The normalized spacial score (nSPS) is 11.9. The number of hydrogen-bond donors (Lipinski definition) is 1. The lowest BCUT2D eigenvalue weighted by atomic mass is 10.0. The van der Waals surface area contributed by atoms with Gasteiger partial charge in [0.2, 0.25) is 11.8 Å². The third-order valence-electron chi connectivity index (χ3n) is 6.86. The summed E-state index contributed by atoms with van der Waals surface area (Å²) >= 11 is 15.9. The van der Waals surface area contributed by atoms with Gasteiger partial charge in [0.25, 0.3) is 10.0 Å². The lowest BCUT2D eigenvalue weighted by Gasteiger charge is -2.34.